The zero-order valence-corrected chi connectivity index (χ0v) is 12.8. The fourth-order valence-electron chi connectivity index (χ4n) is 2.28. The number of methoxy groups -OCH3 is 2. The molecule has 0 radical (unpaired) electrons. The summed E-state index contributed by atoms with van der Waals surface area (Å²) < 4.78 is 13.8. The second kappa shape index (κ2) is 6.49. The molecule has 1 atom stereocenters. The fraction of sp³-hybridized carbons (Fsp3) is 0.400. The van der Waals surface area contributed by atoms with E-state index in [1.807, 2.05) is 25.2 Å². The van der Waals surface area contributed by atoms with E-state index in [-0.39, 0.29) is 11.7 Å². The monoisotopic (exact) mass is 291 g/mol. The van der Waals surface area contributed by atoms with Gasteiger partial charge < -0.3 is 19.4 Å². The molecule has 1 heterocycles. The molecule has 114 valence electrons. The highest BCUT2D eigenvalue weighted by atomic mass is 16.5. The normalized spacial score (nSPS) is 12.2. The molecule has 0 saturated heterocycles. The van der Waals surface area contributed by atoms with Crippen molar-refractivity contribution in [3.05, 3.63) is 46.6 Å². The van der Waals surface area contributed by atoms with E-state index in [0.29, 0.717) is 18.0 Å². The van der Waals surface area contributed by atoms with Gasteiger partial charge in [0.1, 0.15) is 0 Å². The number of hydrogen-bond acceptors (Lipinski definition) is 4. The van der Waals surface area contributed by atoms with Crippen molar-refractivity contribution in [2.24, 2.45) is 7.05 Å². The first-order chi connectivity index (χ1) is 10.1. The van der Waals surface area contributed by atoms with E-state index < -0.39 is 0 Å². The first-order valence-corrected chi connectivity index (χ1v) is 6.71. The van der Waals surface area contributed by atoms with Gasteiger partial charge in [-0.25, -0.2) is 4.79 Å². The van der Waals surface area contributed by atoms with Crippen molar-refractivity contribution in [3.63, 3.8) is 0 Å². The molecular formula is C15H21N3O3. The van der Waals surface area contributed by atoms with Crippen LogP contribution >= 0.6 is 0 Å². The number of hydrogen-bond donors (Lipinski definition) is 1. The Balaban J connectivity index is 2.29. The van der Waals surface area contributed by atoms with Crippen LogP contribution in [0.2, 0.25) is 0 Å². The first-order valence-electron chi connectivity index (χ1n) is 6.71. The molecule has 2 rings (SSSR count). The highest BCUT2D eigenvalue weighted by Crippen LogP contribution is 2.30. The number of likely N-dealkylation sites (N-methyl/N-ethyl adjacent to an activating group) is 1. The van der Waals surface area contributed by atoms with Crippen molar-refractivity contribution in [1.82, 2.24) is 14.5 Å². The standard InChI is InChI=1S/C15H21N3O3/c1-16-12(10-18-8-7-17(2)15(18)19)11-5-6-13(20-3)14(9-11)21-4/h5-9,12,16H,10H2,1-4H3. The van der Waals surface area contributed by atoms with E-state index in [1.165, 1.54) is 0 Å². The molecule has 2 aromatic rings. The molecule has 1 aromatic heterocycles. The van der Waals surface area contributed by atoms with E-state index in [9.17, 15) is 4.79 Å². The Bertz CT molecular complexity index is 660. The molecule has 21 heavy (non-hydrogen) atoms. The van der Waals surface area contributed by atoms with Gasteiger partial charge in [-0.05, 0) is 24.7 Å². The Labute approximate surface area is 123 Å². The highest BCUT2D eigenvalue weighted by molar-refractivity contribution is 5.43. The first kappa shape index (κ1) is 15.2. The Morgan fingerprint density at radius 1 is 1.19 bits per heavy atom. The van der Waals surface area contributed by atoms with Crippen molar-refractivity contribution in [3.8, 4) is 11.5 Å². The van der Waals surface area contributed by atoms with Gasteiger partial charge in [0.15, 0.2) is 11.5 Å². The zero-order valence-electron chi connectivity index (χ0n) is 12.8. The van der Waals surface area contributed by atoms with Crippen molar-refractivity contribution in [2.45, 2.75) is 12.6 Å². The Hall–Kier alpha value is -2.21. The molecule has 0 bridgehead atoms. The summed E-state index contributed by atoms with van der Waals surface area (Å²) in [6, 6.07) is 5.77. The summed E-state index contributed by atoms with van der Waals surface area (Å²) in [6.45, 7) is 0.547. The zero-order chi connectivity index (χ0) is 15.4. The maximum atomic E-state index is 11.9. The summed E-state index contributed by atoms with van der Waals surface area (Å²) in [5, 5.41) is 3.23. The summed E-state index contributed by atoms with van der Waals surface area (Å²) in [5.74, 6) is 1.36. The van der Waals surface area contributed by atoms with Gasteiger partial charge in [-0.2, -0.15) is 0 Å². The molecular weight excluding hydrogens is 270 g/mol. The van der Waals surface area contributed by atoms with Crippen LogP contribution in [0, 0.1) is 0 Å². The Morgan fingerprint density at radius 3 is 2.43 bits per heavy atom. The van der Waals surface area contributed by atoms with Gasteiger partial charge in [0.2, 0.25) is 0 Å². The second-order valence-corrected chi connectivity index (χ2v) is 4.80. The fourth-order valence-corrected chi connectivity index (χ4v) is 2.28. The van der Waals surface area contributed by atoms with Gasteiger partial charge in [-0.15, -0.1) is 0 Å². The molecule has 0 aliphatic rings. The number of aromatic nitrogens is 2. The Morgan fingerprint density at radius 2 is 1.90 bits per heavy atom. The molecule has 1 aromatic carbocycles. The molecule has 0 aliphatic carbocycles. The van der Waals surface area contributed by atoms with Crippen molar-refractivity contribution in [2.75, 3.05) is 21.3 Å². The molecule has 6 nitrogen and oxygen atoms in total. The van der Waals surface area contributed by atoms with Crippen LogP contribution in [0.1, 0.15) is 11.6 Å². The third kappa shape index (κ3) is 3.11. The van der Waals surface area contributed by atoms with Crippen molar-refractivity contribution >= 4 is 0 Å². The van der Waals surface area contributed by atoms with E-state index in [2.05, 4.69) is 5.32 Å². The van der Waals surface area contributed by atoms with Gasteiger partial charge in [0.05, 0.1) is 20.3 Å². The summed E-state index contributed by atoms with van der Waals surface area (Å²) in [4.78, 5) is 11.9. The molecule has 0 aliphatic heterocycles. The highest BCUT2D eigenvalue weighted by Gasteiger charge is 2.14. The third-order valence-corrected chi connectivity index (χ3v) is 3.56. The van der Waals surface area contributed by atoms with E-state index in [1.54, 1.807) is 42.8 Å². The number of benzene rings is 1. The summed E-state index contributed by atoms with van der Waals surface area (Å²) >= 11 is 0. The summed E-state index contributed by atoms with van der Waals surface area (Å²) in [6.07, 6.45) is 3.54. The minimum atomic E-state index is -0.0317. The van der Waals surface area contributed by atoms with Crippen LogP contribution in [0.5, 0.6) is 11.5 Å². The maximum absolute atomic E-state index is 11.9. The predicted octanol–water partition coefficient (Wildman–Crippen LogP) is 1.16. The van der Waals surface area contributed by atoms with Gasteiger partial charge in [0.25, 0.3) is 0 Å². The number of ether oxygens (including phenoxy) is 2. The van der Waals surface area contributed by atoms with Crippen LogP contribution in [-0.4, -0.2) is 30.4 Å². The lowest BCUT2D eigenvalue weighted by Gasteiger charge is -2.18. The minimum Gasteiger partial charge on any atom is -0.493 e. The van der Waals surface area contributed by atoms with Gasteiger partial charge in [-0.1, -0.05) is 6.07 Å². The van der Waals surface area contributed by atoms with Crippen LogP contribution in [0.15, 0.2) is 35.4 Å². The lowest BCUT2D eigenvalue weighted by molar-refractivity contribution is 0.353. The minimum absolute atomic E-state index is 0.00454. The lowest BCUT2D eigenvalue weighted by atomic mass is 10.1. The van der Waals surface area contributed by atoms with E-state index in [4.69, 9.17) is 9.47 Å². The molecule has 6 heteroatoms. The number of rotatable bonds is 6. The molecule has 0 fully saturated rings. The van der Waals surface area contributed by atoms with E-state index in [0.717, 1.165) is 5.56 Å². The van der Waals surface area contributed by atoms with Crippen LogP contribution in [0.4, 0.5) is 0 Å². The predicted molar refractivity (Wildman–Crippen MR) is 81.0 cm³/mol. The largest absolute Gasteiger partial charge is 0.493 e. The molecule has 1 N–H and O–H groups in total. The van der Waals surface area contributed by atoms with Gasteiger partial charge >= 0.3 is 5.69 Å². The topological polar surface area (TPSA) is 57.4 Å². The third-order valence-electron chi connectivity index (χ3n) is 3.56. The molecule has 0 spiro atoms. The number of nitrogens with zero attached hydrogens (tertiary/aromatic N) is 2. The smallest absolute Gasteiger partial charge is 0.327 e. The van der Waals surface area contributed by atoms with Gasteiger partial charge in [0, 0.05) is 26.0 Å². The number of imidazole rings is 1. The second-order valence-electron chi connectivity index (χ2n) is 4.80. The molecule has 0 amide bonds. The van der Waals surface area contributed by atoms with Gasteiger partial charge in [-0.3, -0.25) is 4.57 Å². The van der Waals surface area contributed by atoms with Crippen LogP contribution in [0.3, 0.4) is 0 Å². The maximum Gasteiger partial charge on any atom is 0.327 e. The van der Waals surface area contributed by atoms with Crippen LogP contribution in [-0.2, 0) is 13.6 Å². The number of nitrogens with one attached hydrogen (secondary N) is 1. The summed E-state index contributed by atoms with van der Waals surface area (Å²) in [5.41, 5.74) is 1.00. The number of aryl methyl sites for hydroxylation is 1. The average molecular weight is 291 g/mol. The Kier molecular flexibility index (Phi) is 4.70. The lowest BCUT2D eigenvalue weighted by Crippen LogP contribution is -2.29. The quantitative estimate of drug-likeness (QED) is 0.868. The average Bonchev–Trinajstić information content (AvgIpc) is 2.83. The van der Waals surface area contributed by atoms with Crippen LogP contribution < -0.4 is 20.5 Å². The summed E-state index contributed by atoms with van der Waals surface area (Å²) in [7, 11) is 6.83. The molecule has 1 unspecified atom stereocenters. The van der Waals surface area contributed by atoms with Crippen LogP contribution in [0.25, 0.3) is 0 Å². The van der Waals surface area contributed by atoms with E-state index >= 15 is 0 Å². The SMILES string of the molecule is CNC(Cn1ccn(C)c1=O)c1ccc(OC)c(OC)c1. The van der Waals surface area contributed by atoms with Crippen molar-refractivity contribution in [1.29, 1.82) is 0 Å². The molecule has 0 saturated carbocycles. The van der Waals surface area contributed by atoms with Crippen molar-refractivity contribution < 1.29 is 9.47 Å².